The number of benzene rings is 1. The Balaban J connectivity index is 0.00000280. The molecule has 2 atom stereocenters. The van der Waals surface area contributed by atoms with E-state index in [1.165, 1.54) is 12.0 Å². The van der Waals surface area contributed by atoms with Gasteiger partial charge in [-0.3, -0.25) is 4.99 Å². The Hall–Kier alpha value is -1.64. The van der Waals surface area contributed by atoms with Gasteiger partial charge in [-0.2, -0.15) is 4.98 Å². The Morgan fingerprint density at radius 2 is 1.89 bits per heavy atom. The van der Waals surface area contributed by atoms with Crippen molar-refractivity contribution in [2.24, 2.45) is 16.8 Å². The molecule has 0 radical (unpaired) electrons. The van der Waals surface area contributed by atoms with E-state index in [4.69, 9.17) is 4.52 Å². The van der Waals surface area contributed by atoms with Crippen LogP contribution in [0.5, 0.6) is 0 Å². The van der Waals surface area contributed by atoms with Crippen LogP contribution >= 0.6 is 24.0 Å². The summed E-state index contributed by atoms with van der Waals surface area (Å²) in [5, 5.41) is 7.47. The van der Waals surface area contributed by atoms with Crippen LogP contribution in [0.15, 0.2) is 33.8 Å². The third kappa shape index (κ3) is 5.93. The van der Waals surface area contributed by atoms with Gasteiger partial charge in [0.05, 0.1) is 0 Å². The number of nitrogens with one attached hydrogen (secondary N) is 1. The highest BCUT2D eigenvalue weighted by Crippen LogP contribution is 2.21. The van der Waals surface area contributed by atoms with Gasteiger partial charge in [0.25, 0.3) is 5.89 Å². The number of halogens is 1. The zero-order valence-electron chi connectivity index (χ0n) is 17.3. The Morgan fingerprint density at radius 3 is 2.46 bits per heavy atom. The molecule has 0 amide bonds. The monoisotopic (exact) mass is 497 g/mol. The largest absolute Gasteiger partial charge is 0.356 e. The fourth-order valence-corrected chi connectivity index (χ4v) is 3.82. The number of likely N-dealkylation sites (tertiary alicyclic amines) is 1. The minimum atomic E-state index is 0. The summed E-state index contributed by atoms with van der Waals surface area (Å²) in [5.41, 5.74) is 2.24. The molecule has 28 heavy (non-hydrogen) atoms. The van der Waals surface area contributed by atoms with Crippen molar-refractivity contribution in [1.29, 1.82) is 0 Å². The lowest BCUT2D eigenvalue weighted by molar-refractivity contribution is 0.208. The van der Waals surface area contributed by atoms with E-state index in [0.29, 0.717) is 5.89 Å². The third-order valence-electron chi connectivity index (χ3n) is 5.06. The summed E-state index contributed by atoms with van der Waals surface area (Å²) >= 11 is 0. The van der Waals surface area contributed by atoms with Gasteiger partial charge in [0.15, 0.2) is 11.8 Å². The van der Waals surface area contributed by atoms with Crippen LogP contribution in [0.2, 0.25) is 0 Å². The van der Waals surface area contributed by atoms with Gasteiger partial charge in [-0.1, -0.05) is 38.1 Å². The number of piperidine rings is 1. The SMILES string of the molecule is CCc1noc(-c2ccc(CCNC(=NC)N3CC(C)CC(C)C3)cc2)n1.I. The minimum absolute atomic E-state index is 0. The predicted octanol–water partition coefficient (Wildman–Crippen LogP) is 4.01. The molecule has 1 aromatic carbocycles. The second kappa shape index (κ2) is 10.8. The molecular formula is C21H32IN5O. The van der Waals surface area contributed by atoms with Crippen molar-refractivity contribution in [3.8, 4) is 11.5 Å². The van der Waals surface area contributed by atoms with Crippen LogP contribution < -0.4 is 5.32 Å². The average Bonchev–Trinajstić information content (AvgIpc) is 3.14. The first-order valence-corrected chi connectivity index (χ1v) is 9.96. The summed E-state index contributed by atoms with van der Waals surface area (Å²) in [6.07, 6.45) is 3.03. The molecule has 0 aliphatic carbocycles. The first kappa shape index (κ1) is 22.6. The highest BCUT2D eigenvalue weighted by molar-refractivity contribution is 14.0. The third-order valence-corrected chi connectivity index (χ3v) is 5.06. The van der Waals surface area contributed by atoms with Crippen LogP contribution in [0.25, 0.3) is 11.5 Å². The zero-order chi connectivity index (χ0) is 19.2. The average molecular weight is 497 g/mol. The van der Waals surface area contributed by atoms with Gasteiger partial charge in [-0.15, -0.1) is 24.0 Å². The highest BCUT2D eigenvalue weighted by Gasteiger charge is 2.23. The van der Waals surface area contributed by atoms with E-state index in [9.17, 15) is 0 Å². The molecule has 1 aliphatic rings. The number of guanidine groups is 1. The van der Waals surface area contributed by atoms with Crippen LogP contribution in [0.3, 0.4) is 0 Å². The summed E-state index contributed by atoms with van der Waals surface area (Å²) < 4.78 is 5.30. The molecule has 3 rings (SSSR count). The molecule has 0 spiro atoms. The van der Waals surface area contributed by atoms with Crippen molar-refractivity contribution in [3.63, 3.8) is 0 Å². The predicted molar refractivity (Wildman–Crippen MR) is 124 cm³/mol. The molecule has 1 saturated heterocycles. The summed E-state index contributed by atoms with van der Waals surface area (Å²) in [4.78, 5) is 11.2. The Kier molecular flexibility index (Phi) is 8.72. The molecular weight excluding hydrogens is 465 g/mol. The summed E-state index contributed by atoms with van der Waals surface area (Å²) in [6, 6.07) is 8.34. The van der Waals surface area contributed by atoms with E-state index in [2.05, 4.69) is 51.3 Å². The van der Waals surface area contributed by atoms with Crippen LogP contribution in [0.1, 0.15) is 38.6 Å². The van der Waals surface area contributed by atoms with E-state index in [-0.39, 0.29) is 24.0 Å². The van der Waals surface area contributed by atoms with Crippen molar-refractivity contribution in [3.05, 3.63) is 35.7 Å². The first-order valence-electron chi connectivity index (χ1n) is 9.96. The number of nitrogens with zero attached hydrogens (tertiary/aromatic N) is 4. The maximum Gasteiger partial charge on any atom is 0.257 e. The van der Waals surface area contributed by atoms with Crippen molar-refractivity contribution in [1.82, 2.24) is 20.4 Å². The highest BCUT2D eigenvalue weighted by atomic mass is 127. The molecule has 2 aromatic rings. The molecule has 0 saturated carbocycles. The summed E-state index contributed by atoms with van der Waals surface area (Å²) in [5.74, 6) is 3.79. The number of hydrogen-bond acceptors (Lipinski definition) is 4. The number of aryl methyl sites for hydroxylation is 1. The van der Waals surface area contributed by atoms with Crippen LogP contribution in [0, 0.1) is 11.8 Å². The number of aromatic nitrogens is 2. The standard InChI is InChI=1S/C21H31N5O.HI/c1-5-19-24-20(27-25-19)18-8-6-17(7-9-18)10-11-23-21(22-4)26-13-15(2)12-16(3)14-26;/h6-9,15-16H,5,10-14H2,1-4H3,(H,22,23);1H. The molecule has 1 fully saturated rings. The zero-order valence-corrected chi connectivity index (χ0v) is 19.6. The minimum Gasteiger partial charge on any atom is -0.356 e. The van der Waals surface area contributed by atoms with Crippen LogP contribution in [-0.4, -0.2) is 47.7 Å². The summed E-state index contributed by atoms with van der Waals surface area (Å²) in [7, 11) is 1.87. The van der Waals surface area contributed by atoms with Crippen molar-refractivity contribution < 1.29 is 4.52 Å². The van der Waals surface area contributed by atoms with E-state index in [0.717, 1.165) is 61.7 Å². The van der Waals surface area contributed by atoms with E-state index < -0.39 is 0 Å². The second-order valence-corrected chi connectivity index (χ2v) is 7.64. The lowest BCUT2D eigenvalue weighted by Gasteiger charge is -2.37. The van der Waals surface area contributed by atoms with Gasteiger partial charge in [0.2, 0.25) is 0 Å². The fraction of sp³-hybridized carbons (Fsp3) is 0.571. The number of hydrogen-bond donors (Lipinski definition) is 1. The van der Waals surface area contributed by atoms with Gasteiger partial charge in [-0.25, -0.2) is 0 Å². The van der Waals surface area contributed by atoms with E-state index in [1.54, 1.807) is 0 Å². The molecule has 2 unspecified atom stereocenters. The number of rotatable bonds is 5. The molecule has 1 N–H and O–H groups in total. The Bertz CT molecular complexity index is 748. The quantitative estimate of drug-likeness (QED) is 0.384. The maximum atomic E-state index is 5.30. The fourth-order valence-electron chi connectivity index (χ4n) is 3.82. The molecule has 0 bridgehead atoms. The normalized spacial score (nSPS) is 20.0. The smallest absolute Gasteiger partial charge is 0.257 e. The van der Waals surface area contributed by atoms with Crippen molar-refractivity contribution in [2.75, 3.05) is 26.7 Å². The number of aliphatic imine (C=N–C) groups is 1. The van der Waals surface area contributed by atoms with Gasteiger partial charge in [0.1, 0.15) is 0 Å². The molecule has 6 nitrogen and oxygen atoms in total. The van der Waals surface area contributed by atoms with Crippen LogP contribution in [0.4, 0.5) is 0 Å². The second-order valence-electron chi connectivity index (χ2n) is 7.64. The lowest BCUT2D eigenvalue weighted by Crippen LogP contribution is -2.48. The molecule has 2 heterocycles. The molecule has 1 aliphatic heterocycles. The van der Waals surface area contributed by atoms with Crippen LogP contribution in [-0.2, 0) is 12.8 Å². The van der Waals surface area contributed by atoms with E-state index >= 15 is 0 Å². The lowest BCUT2D eigenvalue weighted by atomic mass is 9.92. The van der Waals surface area contributed by atoms with Crippen molar-refractivity contribution >= 4 is 29.9 Å². The van der Waals surface area contributed by atoms with Gasteiger partial charge < -0.3 is 14.7 Å². The van der Waals surface area contributed by atoms with Gasteiger partial charge in [-0.05, 0) is 42.4 Å². The maximum absolute atomic E-state index is 5.30. The molecule has 154 valence electrons. The summed E-state index contributed by atoms with van der Waals surface area (Å²) in [6.45, 7) is 9.70. The van der Waals surface area contributed by atoms with Gasteiger partial charge in [0, 0.05) is 38.7 Å². The topological polar surface area (TPSA) is 66.6 Å². The first-order chi connectivity index (χ1) is 13.1. The van der Waals surface area contributed by atoms with E-state index in [1.807, 2.05) is 26.1 Å². The van der Waals surface area contributed by atoms with Gasteiger partial charge >= 0.3 is 0 Å². The Labute approximate surface area is 185 Å². The Morgan fingerprint density at radius 1 is 1.21 bits per heavy atom. The molecule has 7 heteroatoms. The molecule has 1 aromatic heterocycles. The van der Waals surface area contributed by atoms with Crippen molar-refractivity contribution in [2.45, 2.75) is 40.0 Å².